The summed E-state index contributed by atoms with van der Waals surface area (Å²) in [6.07, 6.45) is 4.89. The Morgan fingerprint density at radius 3 is 1.56 bits per heavy atom. The molecule has 0 saturated heterocycles. The van der Waals surface area contributed by atoms with Crippen LogP contribution in [-0.4, -0.2) is 108 Å². The molecule has 0 radical (unpaired) electrons. The second-order valence-corrected chi connectivity index (χ2v) is 19.1. The number of rotatable bonds is 19. The summed E-state index contributed by atoms with van der Waals surface area (Å²) < 4.78 is 75.2. The number of carboxylic acids is 1. The lowest BCUT2D eigenvalue weighted by Crippen LogP contribution is -2.43. The Labute approximate surface area is 484 Å². The minimum Gasteiger partial charge on any atom is -0.494 e. The number of benzene rings is 3. The minimum atomic E-state index is -0.944. The van der Waals surface area contributed by atoms with Crippen molar-refractivity contribution in [2.45, 2.75) is 64.7 Å². The van der Waals surface area contributed by atoms with Crippen LogP contribution >= 0.6 is 60.2 Å². The van der Waals surface area contributed by atoms with Gasteiger partial charge in [-0.2, -0.15) is 0 Å². The molecule has 2 amide bonds. The highest BCUT2D eigenvalue weighted by atomic mass is 79.9. The highest BCUT2D eigenvalue weighted by Gasteiger charge is 2.34. The first kappa shape index (κ1) is 66.5. The Morgan fingerprint density at radius 2 is 1.10 bits per heavy atom. The average Bonchev–Trinajstić information content (AvgIpc) is 4.19. The van der Waals surface area contributed by atoms with Crippen molar-refractivity contribution in [2.75, 3.05) is 47.7 Å². The van der Waals surface area contributed by atoms with E-state index >= 15 is 0 Å². The summed E-state index contributed by atoms with van der Waals surface area (Å²) in [5.41, 5.74) is 8.31. The lowest BCUT2D eigenvalue weighted by Gasteiger charge is -2.35. The summed E-state index contributed by atoms with van der Waals surface area (Å²) in [5.74, 6) is -4.17. The van der Waals surface area contributed by atoms with E-state index in [2.05, 4.69) is 63.1 Å². The number of hydrogen-bond acceptors (Lipinski definition) is 13. The Hall–Kier alpha value is -6.80. The van der Waals surface area contributed by atoms with Crippen LogP contribution in [0.15, 0.2) is 105 Å². The molecule has 7 rings (SSSR count). The largest absolute Gasteiger partial charge is 0.494 e. The number of fused-ring (bicyclic) bond motifs is 1. The number of aromatic nitrogens is 3. The van der Waals surface area contributed by atoms with Gasteiger partial charge in [-0.25, -0.2) is 18.0 Å². The number of methoxy groups -OCH3 is 3. The normalized spacial score (nSPS) is 12.4. The molecule has 79 heavy (non-hydrogen) atoms. The number of carbonyl (C=O) groups is 6. The molecule has 1 aliphatic heterocycles. The standard InChI is InChI=1S/C19H20BrFN2O4.C17H18BrFN2O4.C12H16FNO3.C5H4BrNO2.ClH/c1-3-27-18(24)10-15(12-4-5-17(26-2)14(21)8-12)23-7-6-22-11-13(20)9-16(22)19(23)25;1-3-25-16(22)8-13(10-4-5-15(24-2)12(19)6-10)21-17(23)14-7-11(18)9-20-14;1-3-17-12(15)7-10(14)8-4-5-11(16-2)9(13)6-8;6-3-1-4(5(8)9)7-2-3;/h4-5,8-9,11,15H,3,6-7,10H2,1-2H3;4-7,9,13,20H,3,8H2,1-2H3,(H,21,23);4-6,10H,3,7,14H2,1-2H3;1-2,7H,(H,8,9);1H/t15-;13-;10-;;/m000../s1. The third-order valence-corrected chi connectivity index (χ3v) is 12.5. The van der Waals surface area contributed by atoms with Gasteiger partial charge in [0, 0.05) is 51.1 Å². The summed E-state index contributed by atoms with van der Waals surface area (Å²) in [7, 11) is 4.13. The molecule has 3 aromatic heterocycles. The van der Waals surface area contributed by atoms with Crippen LogP contribution in [0.3, 0.4) is 0 Å². The van der Waals surface area contributed by atoms with Crippen molar-refractivity contribution in [1.82, 2.24) is 24.8 Å². The van der Waals surface area contributed by atoms with Gasteiger partial charge in [-0.05, 0) is 140 Å². The number of aromatic amines is 2. The molecule has 3 atom stereocenters. The number of nitrogens with zero attached hydrogens (tertiary/aromatic N) is 2. The average molecular weight is 1320 g/mol. The molecule has 6 aromatic rings. The second-order valence-electron chi connectivity index (χ2n) is 16.4. The molecule has 3 aromatic carbocycles. The molecule has 0 aliphatic carbocycles. The molecule has 0 spiro atoms. The van der Waals surface area contributed by atoms with E-state index in [4.69, 9.17) is 39.3 Å². The SMILES string of the molecule is CCOC(=O)C[C@@H](c1ccc(OC)c(F)c1)N1CCn2cc(Br)cc2C1=O.CCOC(=O)C[C@H](N)c1ccc(OC)c(F)c1.CCOC(=O)C[C@H](NC(=O)c1cc(Br)c[nH]1)c1ccc(OC)c(F)c1.Cl.O=C(O)c1cc(Br)c[nH]1. The van der Waals surface area contributed by atoms with Crippen molar-refractivity contribution in [3.63, 3.8) is 0 Å². The second kappa shape index (κ2) is 32.9. The van der Waals surface area contributed by atoms with Crippen LogP contribution in [0.4, 0.5) is 13.2 Å². The zero-order valence-corrected chi connectivity index (χ0v) is 49.1. The van der Waals surface area contributed by atoms with E-state index in [1.54, 1.807) is 68.4 Å². The van der Waals surface area contributed by atoms with Gasteiger partial charge in [0.25, 0.3) is 11.8 Å². The number of ether oxygens (including phenoxy) is 6. The number of carbonyl (C=O) groups excluding carboxylic acids is 5. The maximum atomic E-state index is 14.2. The minimum absolute atomic E-state index is 0. The molecular weight excluding hydrogens is 1260 g/mol. The van der Waals surface area contributed by atoms with Gasteiger partial charge >= 0.3 is 23.9 Å². The Bertz CT molecular complexity index is 3010. The van der Waals surface area contributed by atoms with Crippen LogP contribution in [0.25, 0.3) is 0 Å². The Balaban J connectivity index is 0.000000292. The first-order chi connectivity index (χ1) is 37.2. The van der Waals surface area contributed by atoms with Gasteiger partial charge < -0.3 is 64.0 Å². The maximum absolute atomic E-state index is 14.2. The third kappa shape index (κ3) is 20.1. The third-order valence-electron chi connectivity index (χ3n) is 11.2. The molecule has 428 valence electrons. The summed E-state index contributed by atoms with van der Waals surface area (Å²) in [5, 5.41) is 11.1. The molecule has 19 nitrogen and oxygen atoms in total. The predicted octanol–water partition coefficient (Wildman–Crippen LogP) is 10.6. The molecule has 0 bridgehead atoms. The summed E-state index contributed by atoms with van der Waals surface area (Å²) in [4.78, 5) is 77.7. The fourth-order valence-electron chi connectivity index (χ4n) is 7.47. The summed E-state index contributed by atoms with van der Waals surface area (Å²) in [6, 6.07) is 16.0. The lowest BCUT2D eigenvalue weighted by molar-refractivity contribution is -0.145. The van der Waals surface area contributed by atoms with Crippen molar-refractivity contribution in [1.29, 1.82) is 0 Å². The zero-order valence-electron chi connectivity index (χ0n) is 43.5. The van der Waals surface area contributed by atoms with Gasteiger partial charge in [0.05, 0.1) is 72.5 Å². The predicted molar refractivity (Wildman–Crippen MR) is 297 cm³/mol. The summed E-state index contributed by atoms with van der Waals surface area (Å²) >= 11 is 9.73. The van der Waals surface area contributed by atoms with Crippen molar-refractivity contribution >= 4 is 95.9 Å². The van der Waals surface area contributed by atoms with Crippen LogP contribution in [0.2, 0.25) is 0 Å². The number of halogens is 7. The number of nitrogens with two attached hydrogens (primary N) is 1. The molecular formula is C53H59Br3ClF3N6O13. The summed E-state index contributed by atoms with van der Waals surface area (Å²) in [6.45, 7) is 6.89. The monoisotopic (exact) mass is 1320 g/mol. The van der Waals surface area contributed by atoms with Crippen LogP contribution in [0, 0.1) is 17.5 Å². The van der Waals surface area contributed by atoms with Crippen LogP contribution < -0.4 is 25.3 Å². The Kier molecular flexibility index (Phi) is 27.7. The number of carboxylic acid groups (broad SMARTS) is 1. The van der Waals surface area contributed by atoms with Crippen LogP contribution in [-0.2, 0) is 35.1 Å². The number of hydrogen-bond donors (Lipinski definition) is 5. The molecule has 1 aliphatic rings. The first-order valence-corrected chi connectivity index (χ1v) is 26.2. The number of esters is 3. The van der Waals surface area contributed by atoms with E-state index in [1.165, 1.54) is 63.8 Å². The number of nitrogens with one attached hydrogen (secondary N) is 3. The van der Waals surface area contributed by atoms with Gasteiger partial charge in [-0.3, -0.25) is 24.0 Å². The highest BCUT2D eigenvalue weighted by Crippen LogP contribution is 2.33. The Morgan fingerprint density at radius 1 is 0.646 bits per heavy atom. The number of H-pyrrole nitrogens is 2. The van der Waals surface area contributed by atoms with E-state index in [0.717, 1.165) is 13.4 Å². The number of amides is 2. The molecule has 26 heteroatoms. The fraction of sp³-hybridized carbons (Fsp3) is 0.321. The van der Waals surface area contributed by atoms with E-state index in [0.29, 0.717) is 47.8 Å². The molecule has 0 fully saturated rings. The first-order valence-electron chi connectivity index (χ1n) is 23.8. The smallest absolute Gasteiger partial charge is 0.352 e. The van der Waals surface area contributed by atoms with Gasteiger partial charge in [0.15, 0.2) is 34.7 Å². The molecule has 4 heterocycles. The van der Waals surface area contributed by atoms with Gasteiger partial charge in [-0.1, -0.05) is 18.2 Å². The fourth-order valence-corrected chi connectivity index (χ4v) is 8.62. The van der Waals surface area contributed by atoms with E-state index in [1.807, 2.05) is 10.8 Å². The maximum Gasteiger partial charge on any atom is 0.352 e. The highest BCUT2D eigenvalue weighted by molar-refractivity contribution is 9.11. The van der Waals surface area contributed by atoms with Crippen LogP contribution in [0.1, 0.15) is 106 Å². The number of aromatic carboxylic acids is 1. The molecule has 6 N–H and O–H groups in total. The lowest BCUT2D eigenvalue weighted by atomic mass is 10.00. The van der Waals surface area contributed by atoms with Gasteiger partial charge in [0.1, 0.15) is 17.1 Å². The van der Waals surface area contributed by atoms with E-state index in [-0.39, 0.29) is 73.7 Å². The topological polar surface area (TPSA) is 256 Å². The quantitative estimate of drug-likeness (QED) is 0.0374. The van der Waals surface area contributed by atoms with Gasteiger partial charge in [0.2, 0.25) is 0 Å². The van der Waals surface area contributed by atoms with Crippen molar-refractivity contribution < 1.29 is 75.5 Å². The molecule has 0 saturated carbocycles. The van der Waals surface area contributed by atoms with E-state index in [9.17, 15) is 41.9 Å². The van der Waals surface area contributed by atoms with Crippen molar-refractivity contribution in [3.8, 4) is 17.2 Å². The van der Waals surface area contributed by atoms with Crippen molar-refractivity contribution in [3.05, 3.63) is 156 Å². The van der Waals surface area contributed by atoms with Crippen LogP contribution in [0.5, 0.6) is 17.2 Å². The molecule has 0 unspecified atom stereocenters. The zero-order chi connectivity index (χ0) is 57.6. The van der Waals surface area contributed by atoms with Crippen molar-refractivity contribution in [2.24, 2.45) is 5.73 Å². The van der Waals surface area contributed by atoms with Gasteiger partial charge in [-0.15, -0.1) is 12.4 Å². The van der Waals surface area contributed by atoms with E-state index < -0.39 is 65.4 Å².